The van der Waals surface area contributed by atoms with Crippen molar-refractivity contribution in [3.8, 4) is 0 Å². The Balaban J connectivity index is 2.10. The first-order chi connectivity index (χ1) is 10.0. The molecule has 0 radical (unpaired) electrons. The Kier molecular flexibility index (Phi) is 5.42. The van der Waals surface area contributed by atoms with Crippen molar-refractivity contribution in [3.63, 3.8) is 0 Å². The summed E-state index contributed by atoms with van der Waals surface area (Å²) >= 11 is 0. The Morgan fingerprint density at radius 2 is 2.14 bits per heavy atom. The predicted octanol–water partition coefficient (Wildman–Crippen LogP) is 2.59. The lowest BCUT2D eigenvalue weighted by molar-refractivity contribution is 0.0918. The molecule has 2 rings (SSSR count). The number of hydrogen-bond acceptors (Lipinski definition) is 4. The van der Waals surface area contributed by atoms with Gasteiger partial charge >= 0.3 is 5.91 Å². The second-order valence-electron chi connectivity index (χ2n) is 6.46. The quantitative estimate of drug-likeness (QED) is 0.480. The highest BCUT2D eigenvalue weighted by Crippen LogP contribution is 2.26. The molecule has 1 aromatic rings. The molecule has 1 aliphatic carbocycles. The van der Waals surface area contributed by atoms with E-state index in [2.05, 4.69) is 24.2 Å². The van der Waals surface area contributed by atoms with Gasteiger partial charge in [0.05, 0.1) is 6.54 Å². The monoisotopic (exact) mass is 293 g/mol. The first kappa shape index (κ1) is 16.0. The van der Waals surface area contributed by atoms with Gasteiger partial charge in [0.2, 0.25) is 0 Å². The molecule has 1 heterocycles. The van der Waals surface area contributed by atoms with E-state index in [0.717, 1.165) is 24.4 Å². The highest BCUT2D eigenvalue weighted by Gasteiger charge is 2.25. The van der Waals surface area contributed by atoms with E-state index in [-0.39, 0.29) is 5.91 Å². The molecule has 1 saturated carbocycles. The first-order valence-corrected chi connectivity index (χ1v) is 7.85. The highest BCUT2D eigenvalue weighted by molar-refractivity contribution is 5.92. The molecule has 0 unspecified atom stereocenters. The maximum atomic E-state index is 11.6. The summed E-state index contributed by atoms with van der Waals surface area (Å²) in [6.45, 7) is 8.18. The minimum atomic E-state index is -0.366. The number of nitrogens with two attached hydrogens (primary N) is 1. The average Bonchev–Trinajstić information content (AvgIpc) is 3.06. The van der Waals surface area contributed by atoms with Crippen molar-refractivity contribution in [1.29, 1.82) is 0 Å². The zero-order valence-corrected chi connectivity index (χ0v) is 13.3. The van der Waals surface area contributed by atoms with Crippen LogP contribution in [0.25, 0.3) is 0 Å². The number of rotatable bonds is 6. The Morgan fingerprint density at radius 1 is 1.48 bits per heavy atom. The third kappa shape index (κ3) is 4.08. The summed E-state index contributed by atoms with van der Waals surface area (Å²) in [6, 6.07) is 2.59. The van der Waals surface area contributed by atoms with Gasteiger partial charge in [0.25, 0.3) is 0 Å². The summed E-state index contributed by atoms with van der Waals surface area (Å²) in [5, 5.41) is 0. The summed E-state index contributed by atoms with van der Waals surface area (Å²) in [5.41, 5.74) is 2.97. The predicted molar refractivity (Wildman–Crippen MR) is 82.6 cm³/mol. The molecule has 21 heavy (non-hydrogen) atoms. The van der Waals surface area contributed by atoms with Crippen LogP contribution in [0.5, 0.6) is 0 Å². The fourth-order valence-electron chi connectivity index (χ4n) is 3.20. The Morgan fingerprint density at radius 3 is 2.71 bits per heavy atom. The van der Waals surface area contributed by atoms with Crippen LogP contribution in [0.4, 0.5) is 0 Å². The van der Waals surface area contributed by atoms with Gasteiger partial charge in [0, 0.05) is 18.2 Å². The van der Waals surface area contributed by atoms with Gasteiger partial charge in [-0.15, -0.1) is 0 Å². The van der Waals surface area contributed by atoms with Crippen molar-refractivity contribution in [2.24, 2.45) is 11.8 Å². The van der Waals surface area contributed by atoms with Gasteiger partial charge in [-0.2, -0.15) is 0 Å². The molecule has 0 atom stereocenters. The lowest BCUT2D eigenvalue weighted by Gasteiger charge is -2.29. The number of nitrogens with one attached hydrogen (secondary N) is 1. The first-order valence-electron chi connectivity index (χ1n) is 7.85. The number of nitrogens with zero attached hydrogens (tertiary/aromatic N) is 1. The number of hydrogen-bond donors (Lipinski definition) is 2. The van der Waals surface area contributed by atoms with Crippen molar-refractivity contribution in [3.05, 3.63) is 23.2 Å². The fraction of sp³-hybridized carbons (Fsp3) is 0.688. The summed E-state index contributed by atoms with van der Waals surface area (Å²) in [7, 11) is 0. The maximum Gasteiger partial charge on any atom is 0.301 e. The molecular weight excluding hydrogens is 266 g/mol. The zero-order valence-electron chi connectivity index (χ0n) is 13.3. The molecule has 1 fully saturated rings. The van der Waals surface area contributed by atoms with Crippen LogP contribution >= 0.6 is 0 Å². The van der Waals surface area contributed by atoms with E-state index < -0.39 is 0 Å². The molecule has 1 aliphatic rings. The third-order valence-electron chi connectivity index (χ3n) is 4.11. The van der Waals surface area contributed by atoms with Gasteiger partial charge in [0.1, 0.15) is 5.76 Å². The minimum Gasteiger partial charge on any atom is -0.454 e. The van der Waals surface area contributed by atoms with E-state index in [0.29, 0.717) is 17.7 Å². The highest BCUT2D eigenvalue weighted by atomic mass is 16.4. The molecule has 0 aliphatic heterocycles. The van der Waals surface area contributed by atoms with E-state index in [1.807, 2.05) is 13.0 Å². The molecule has 0 saturated heterocycles. The number of hydrazine groups is 1. The topological polar surface area (TPSA) is 71.5 Å². The van der Waals surface area contributed by atoms with Crippen LogP contribution in [-0.2, 0) is 6.54 Å². The number of nitrogen functional groups attached to an aromatic ring is 1. The Labute approximate surface area is 126 Å². The number of furan rings is 1. The molecule has 1 amide bonds. The number of aryl methyl sites for hydroxylation is 1. The van der Waals surface area contributed by atoms with Gasteiger partial charge in [-0.25, -0.2) is 5.84 Å². The van der Waals surface area contributed by atoms with E-state index in [4.69, 9.17) is 10.3 Å². The largest absolute Gasteiger partial charge is 0.454 e. The molecule has 5 heteroatoms. The number of carbonyl (C=O) groups is 1. The van der Waals surface area contributed by atoms with Crippen molar-refractivity contribution in [2.75, 3.05) is 6.54 Å². The smallest absolute Gasteiger partial charge is 0.301 e. The summed E-state index contributed by atoms with van der Waals surface area (Å²) in [4.78, 5) is 14.1. The van der Waals surface area contributed by atoms with E-state index >= 15 is 0 Å². The van der Waals surface area contributed by atoms with Gasteiger partial charge in [0.15, 0.2) is 5.76 Å². The van der Waals surface area contributed by atoms with E-state index in [1.54, 1.807) is 0 Å². The van der Waals surface area contributed by atoms with Crippen molar-refractivity contribution in [1.82, 2.24) is 10.3 Å². The van der Waals surface area contributed by atoms with Crippen LogP contribution in [0.15, 0.2) is 10.5 Å². The van der Waals surface area contributed by atoms with Gasteiger partial charge in [-0.1, -0.05) is 26.7 Å². The van der Waals surface area contributed by atoms with Crippen LogP contribution in [0, 0.1) is 12.8 Å². The molecule has 5 nitrogen and oxygen atoms in total. The average molecular weight is 293 g/mol. The lowest BCUT2D eigenvalue weighted by atomic mass is 10.1. The van der Waals surface area contributed by atoms with Gasteiger partial charge in [-0.05, 0) is 31.7 Å². The summed E-state index contributed by atoms with van der Waals surface area (Å²) in [5.74, 6) is 6.60. The van der Waals surface area contributed by atoms with Crippen LogP contribution in [0.2, 0.25) is 0 Å². The molecule has 0 spiro atoms. The van der Waals surface area contributed by atoms with Crippen molar-refractivity contribution >= 4 is 5.91 Å². The van der Waals surface area contributed by atoms with Crippen molar-refractivity contribution in [2.45, 2.75) is 59.0 Å². The van der Waals surface area contributed by atoms with Gasteiger partial charge < -0.3 is 4.42 Å². The second kappa shape index (κ2) is 7.09. The normalized spacial score (nSPS) is 16.1. The van der Waals surface area contributed by atoms with E-state index in [9.17, 15) is 4.79 Å². The van der Waals surface area contributed by atoms with Crippen LogP contribution < -0.4 is 11.3 Å². The molecule has 118 valence electrons. The number of carbonyl (C=O) groups excluding carboxylic acids is 1. The summed E-state index contributed by atoms with van der Waals surface area (Å²) < 4.78 is 5.71. The lowest BCUT2D eigenvalue weighted by Crippen LogP contribution is -2.35. The SMILES string of the molecule is Cc1cc(CN(CC(C)C)C2CCCC2)oc1C(=O)NN. The second-order valence-corrected chi connectivity index (χ2v) is 6.46. The maximum absolute atomic E-state index is 11.6. The van der Waals surface area contributed by atoms with Crippen LogP contribution in [0.1, 0.15) is 61.4 Å². The molecule has 3 N–H and O–H groups in total. The minimum absolute atomic E-state index is 0.323. The summed E-state index contributed by atoms with van der Waals surface area (Å²) in [6.07, 6.45) is 5.17. The molecular formula is C16H27N3O2. The Bertz CT molecular complexity index is 476. The van der Waals surface area contributed by atoms with Gasteiger partial charge in [-0.3, -0.25) is 15.1 Å². The van der Waals surface area contributed by atoms with Crippen molar-refractivity contribution < 1.29 is 9.21 Å². The number of amides is 1. The van der Waals surface area contributed by atoms with E-state index in [1.165, 1.54) is 25.7 Å². The zero-order chi connectivity index (χ0) is 15.4. The fourth-order valence-corrected chi connectivity index (χ4v) is 3.20. The Hall–Kier alpha value is -1.33. The van der Waals surface area contributed by atoms with Crippen LogP contribution in [0.3, 0.4) is 0 Å². The molecule has 0 bridgehead atoms. The molecule has 0 aromatic carbocycles. The van der Waals surface area contributed by atoms with Crippen LogP contribution in [-0.4, -0.2) is 23.4 Å². The standard InChI is InChI=1S/C16H27N3O2/c1-11(2)9-19(13-6-4-5-7-13)10-14-8-12(3)15(21-14)16(20)18-17/h8,11,13H,4-7,9-10,17H2,1-3H3,(H,18,20). The molecule has 1 aromatic heterocycles. The third-order valence-corrected chi connectivity index (χ3v) is 4.11.